The van der Waals surface area contributed by atoms with Gasteiger partial charge < -0.3 is 5.32 Å². The van der Waals surface area contributed by atoms with Crippen molar-refractivity contribution in [2.75, 3.05) is 12.4 Å². The zero-order valence-corrected chi connectivity index (χ0v) is 11.2. The Labute approximate surface area is 115 Å². The van der Waals surface area contributed by atoms with Gasteiger partial charge in [0.1, 0.15) is 5.01 Å². The van der Waals surface area contributed by atoms with Crippen LogP contribution >= 0.6 is 11.3 Å². The van der Waals surface area contributed by atoms with Gasteiger partial charge in [-0.2, -0.15) is 5.26 Å². The van der Waals surface area contributed by atoms with E-state index in [1.165, 1.54) is 0 Å². The summed E-state index contributed by atoms with van der Waals surface area (Å²) >= 11 is 1.61. The monoisotopic (exact) mass is 265 g/mol. The summed E-state index contributed by atoms with van der Waals surface area (Å²) in [6, 6.07) is 15.9. The molecule has 0 fully saturated rings. The van der Waals surface area contributed by atoms with Crippen molar-refractivity contribution < 1.29 is 0 Å². The lowest BCUT2D eigenvalue weighted by molar-refractivity contribution is 1.45. The van der Waals surface area contributed by atoms with Crippen LogP contribution in [-0.4, -0.2) is 12.0 Å². The van der Waals surface area contributed by atoms with Crippen molar-refractivity contribution in [3.8, 4) is 16.6 Å². The molecular formula is C15H11N3S. The van der Waals surface area contributed by atoms with E-state index < -0.39 is 0 Å². The molecule has 0 amide bonds. The molecule has 0 unspecified atom stereocenters. The highest BCUT2D eigenvalue weighted by molar-refractivity contribution is 7.21. The molecule has 3 rings (SSSR count). The Morgan fingerprint density at radius 2 is 1.95 bits per heavy atom. The molecule has 0 saturated heterocycles. The Hall–Kier alpha value is -2.38. The van der Waals surface area contributed by atoms with E-state index in [1.54, 1.807) is 17.4 Å². The Balaban J connectivity index is 2.07. The molecule has 1 heterocycles. The lowest BCUT2D eigenvalue weighted by Crippen LogP contribution is -1.86. The molecule has 0 aliphatic carbocycles. The number of nitriles is 1. The van der Waals surface area contributed by atoms with Crippen LogP contribution in [0.25, 0.3) is 20.8 Å². The maximum atomic E-state index is 8.91. The third-order valence-electron chi connectivity index (χ3n) is 2.94. The van der Waals surface area contributed by atoms with E-state index in [9.17, 15) is 0 Å². The van der Waals surface area contributed by atoms with Crippen molar-refractivity contribution in [2.24, 2.45) is 0 Å². The van der Waals surface area contributed by atoms with Crippen molar-refractivity contribution in [1.29, 1.82) is 5.26 Å². The average Bonchev–Trinajstić information content (AvgIpc) is 2.90. The second-order valence-corrected chi connectivity index (χ2v) is 5.17. The average molecular weight is 265 g/mol. The number of anilines is 1. The predicted molar refractivity (Wildman–Crippen MR) is 79.3 cm³/mol. The minimum Gasteiger partial charge on any atom is -0.388 e. The van der Waals surface area contributed by atoms with E-state index in [0.717, 1.165) is 26.5 Å². The highest BCUT2D eigenvalue weighted by Gasteiger charge is 2.06. The minimum atomic E-state index is 0.674. The number of thiazole rings is 1. The number of aromatic nitrogens is 1. The first-order chi connectivity index (χ1) is 9.30. The Bertz CT molecular complexity index is 766. The van der Waals surface area contributed by atoms with Crippen molar-refractivity contribution in [3.05, 3.63) is 48.0 Å². The molecule has 0 spiro atoms. The van der Waals surface area contributed by atoms with Gasteiger partial charge in [0.2, 0.25) is 0 Å². The van der Waals surface area contributed by atoms with Gasteiger partial charge in [-0.15, -0.1) is 11.3 Å². The first-order valence-corrected chi connectivity index (χ1v) is 6.70. The number of hydrogen-bond donors (Lipinski definition) is 1. The van der Waals surface area contributed by atoms with Gasteiger partial charge in [-0.3, -0.25) is 0 Å². The normalized spacial score (nSPS) is 10.3. The Morgan fingerprint density at radius 3 is 2.63 bits per heavy atom. The van der Waals surface area contributed by atoms with E-state index >= 15 is 0 Å². The summed E-state index contributed by atoms with van der Waals surface area (Å²) in [6.07, 6.45) is 0. The van der Waals surface area contributed by atoms with Crippen LogP contribution in [0.1, 0.15) is 5.56 Å². The highest BCUT2D eigenvalue weighted by Crippen LogP contribution is 2.31. The molecule has 3 nitrogen and oxygen atoms in total. The summed E-state index contributed by atoms with van der Waals surface area (Å²) in [5.74, 6) is 0. The number of hydrogen-bond acceptors (Lipinski definition) is 4. The second kappa shape index (κ2) is 4.71. The van der Waals surface area contributed by atoms with E-state index in [0.29, 0.717) is 5.56 Å². The van der Waals surface area contributed by atoms with Gasteiger partial charge in [-0.1, -0.05) is 0 Å². The molecule has 0 atom stereocenters. The standard InChI is InChI=1S/C15H11N3S/c1-17-12-5-3-11(4-6-12)15-18-13-7-2-10(9-16)8-14(13)19-15/h2-8,17H,1H3. The lowest BCUT2D eigenvalue weighted by atomic mass is 10.2. The van der Waals surface area contributed by atoms with E-state index in [-0.39, 0.29) is 0 Å². The van der Waals surface area contributed by atoms with E-state index in [4.69, 9.17) is 5.26 Å². The fourth-order valence-corrected chi connectivity index (χ4v) is 2.91. The zero-order valence-electron chi connectivity index (χ0n) is 10.3. The first kappa shape index (κ1) is 11.7. The Kier molecular flexibility index (Phi) is 2.90. The fraction of sp³-hybridized carbons (Fsp3) is 0.0667. The third-order valence-corrected chi connectivity index (χ3v) is 4.01. The summed E-state index contributed by atoms with van der Waals surface area (Å²) in [5.41, 5.74) is 3.79. The van der Waals surface area contributed by atoms with Crippen molar-refractivity contribution in [2.45, 2.75) is 0 Å². The minimum absolute atomic E-state index is 0.674. The van der Waals surface area contributed by atoms with E-state index in [1.807, 2.05) is 31.3 Å². The van der Waals surface area contributed by atoms with Crippen LogP contribution in [0.3, 0.4) is 0 Å². The molecule has 92 valence electrons. The number of nitrogens with one attached hydrogen (secondary N) is 1. The van der Waals surface area contributed by atoms with Gasteiger partial charge in [-0.05, 0) is 42.5 Å². The summed E-state index contributed by atoms with van der Waals surface area (Å²) in [6.45, 7) is 0. The molecule has 3 aromatic rings. The molecule has 0 radical (unpaired) electrons. The summed E-state index contributed by atoms with van der Waals surface area (Å²) in [7, 11) is 1.90. The second-order valence-electron chi connectivity index (χ2n) is 4.14. The van der Waals surface area contributed by atoms with Gasteiger partial charge in [0.15, 0.2) is 0 Å². The highest BCUT2D eigenvalue weighted by atomic mass is 32.1. The van der Waals surface area contributed by atoms with Crippen molar-refractivity contribution in [3.63, 3.8) is 0 Å². The first-order valence-electron chi connectivity index (χ1n) is 5.89. The topological polar surface area (TPSA) is 48.7 Å². The van der Waals surface area contributed by atoms with Gasteiger partial charge in [0, 0.05) is 18.3 Å². The van der Waals surface area contributed by atoms with Gasteiger partial charge >= 0.3 is 0 Å². The number of rotatable bonds is 2. The van der Waals surface area contributed by atoms with Crippen LogP contribution in [-0.2, 0) is 0 Å². The SMILES string of the molecule is CNc1ccc(-c2nc3ccc(C#N)cc3s2)cc1. The van der Waals surface area contributed by atoms with Crippen molar-refractivity contribution in [1.82, 2.24) is 4.98 Å². The van der Waals surface area contributed by atoms with Crippen LogP contribution in [0.2, 0.25) is 0 Å². The number of fused-ring (bicyclic) bond motifs is 1. The summed E-state index contributed by atoms with van der Waals surface area (Å²) in [5, 5.41) is 13.0. The molecule has 0 aliphatic heterocycles. The van der Waals surface area contributed by atoms with Gasteiger partial charge in [0.05, 0.1) is 21.8 Å². The third kappa shape index (κ3) is 2.16. The van der Waals surface area contributed by atoms with Crippen LogP contribution in [0.15, 0.2) is 42.5 Å². The summed E-state index contributed by atoms with van der Waals surface area (Å²) in [4.78, 5) is 4.60. The molecule has 4 heteroatoms. The molecule has 2 aromatic carbocycles. The lowest BCUT2D eigenvalue weighted by Gasteiger charge is -2.00. The zero-order chi connectivity index (χ0) is 13.2. The number of nitrogens with zero attached hydrogens (tertiary/aromatic N) is 2. The quantitative estimate of drug-likeness (QED) is 0.765. The molecule has 1 N–H and O–H groups in total. The predicted octanol–water partition coefficient (Wildman–Crippen LogP) is 3.88. The van der Waals surface area contributed by atoms with E-state index in [2.05, 4.69) is 28.5 Å². The molecular weight excluding hydrogens is 254 g/mol. The maximum absolute atomic E-state index is 8.91. The molecule has 0 saturated carbocycles. The molecule has 19 heavy (non-hydrogen) atoms. The van der Waals surface area contributed by atoms with Gasteiger partial charge in [-0.25, -0.2) is 4.98 Å². The molecule has 0 bridgehead atoms. The van der Waals surface area contributed by atoms with Crippen LogP contribution in [0, 0.1) is 11.3 Å². The largest absolute Gasteiger partial charge is 0.388 e. The van der Waals surface area contributed by atoms with Crippen molar-refractivity contribution >= 4 is 27.2 Å². The fourth-order valence-electron chi connectivity index (χ4n) is 1.90. The summed E-state index contributed by atoms with van der Waals surface area (Å²) < 4.78 is 1.05. The van der Waals surface area contributed by atoms with Crippen LogP contribution < -0.4 is 5.32 Å². The Morgan fingerprint density at radius 1 is 1.16 bits per heavy atom. The molecule has 1 aromatic heterocycles. The van der Waals surface area contributed by atoms with Crippen LogP contribution in [0.5, 0.6) is 0 Å². The smallest absolute Gasteiger partial charge is 0.124 e. The maximum Gasteiger partial charge on any atom is 0.124 e. The number of benzene rings is 2. The van der Waals surface area contributed by atoms with Crippen LogP contribution in [0.4, 0.5) is 5.69 Å². The molecule has 0 aliphatic rings. The van der Waals surface area contributed by atoms with Gasteiger partial charge in [0.25, 0.3) is 0 Å².